The van der Waals surface area contributed by atoms with E-state index in [9.17, 15) is 9.90 Å². The number of hydrogen-bond acceptors (Lipinski definition) is 3. The van der Waals surface area contributed by atoms with Crippen molar-refractivity contribution in [2.24, 2.45) is 0 Å². The highest BCUT2D eigenvalue weighted by Crippen LogP contribution is 2.28. The standard InChI is InChI=1S/C20H19NO3/c1-2-20(23)12-14-21(15-13-20)19(22)17-10-6-7-11-18(17)24-16-8-4-3-5-9-16/h1,3-11,23H,12-15H2. The fourth-order valence-electron chi connectivity index (χ4n) is 2.74. The van der Waals surface area contributed by atoms with Gasteiger partial charge < -0.3 is 14.7 Å². The molecule has 0 aliphatic carbocycles. The Hall–Kier alpha value is -2.77. The minimum Gasteiger partial charge on any atom is -0.457 e. The van der Waals surface area contributed by atoms with Crippen LogP contribution in [0.3, 0.4) is 0 Å². The van der Waals surface area contributed by atoms with Crippen LogP contribution in [0.5, 0.6) is 11.5 Å². The fourth-order valence-corrected chi connectivity index (χ4v) is 2.74. The third-order valence-electron chi connectivity index (χ3n) is 4.23. The van der Waals surface area contributed by atoms with E-state index in [0.717, 1.165) is 0 Å². The van der Waals surface area contributed by atoms with E-state index in [4.69, 9.17) is 11.2 Å². The molecule has 1 aliphatic rings. The molecule has 24 heavy (non-hydrogen) atoms. The van der Waals surface area contributed by atoms with Gasteiger partial charge in [-0.1, -0.05) is 36.3 Å². The minimum atomic E-state index is -1.10. The largest absolute Gasteiger partial charge is 0.457 e. The van der Waals surface area contributed by atoms with Crippen molar-refractivity contribution in [3.8, 4) is 23.8 Å². The van der Waals surface area contributed by atoms with Crippen LogP contribution in [-0.2, 0) is 0 Å². The molecule has 122 valence electrons. The first-order chi connectivity index (χ1) is 11.6. The summed E-state index contributed by atoms with van der Waals surface area (Å²) in [7, 11) is 0. The van der Waals surface area contributed by atoms with E-state index in [1.807, 2.05) is 42.5 Å². The zero-order valence-electron chi connectivity index (χ0n) is 13.3. The smallest absolute Gasteiger partial charge is 0.257 e. The van der Waals surface area contributed by atoms with Crippen LogP contribution in [0, 0.1) is 12.3 Å². The second-order valence-electron chi connectivity index (χ2n) is 5.88. The van der Waals surface area contributed by atoms with Crippen LogP contribution in [0.4, 0.5) is 0 Å². The summed E-state index contributed by atoms with van der Waals surface area (Å²) < 4.78 is 5.85. The molecule has 1 fully saturated rings. The van der Waals surface area contributed by atoms with E-state index in [1.54, 1.807) is 17.0 Å². The Bertz CT molecular complexity index is 756. The van der Waals surface area contributed by atoms with Crippen molar-refractivity contribution in [2.45, 2.75) is 18.4 Å². The van der Waals surface area contributed by atoms with Crippen molar-refractivity contribution >= 4 is 5.91 Å². The normalized spacial score (nSPS) is 16.2. The molecule has 1 N–H and O–H groups in total. The molecule has 4 heteroatoms. The Labute approximate surface area is 141 Å². The predicted octanol–water partition coefficient (Wildman–Crippen LogP) is 3.08. The first kappa shape index (κ1) is 16.1. The molecule has 0 spiro atoms. The highest BCUT2D eigenvalue weighted by atomic mass is 16.5. The summed E-state index contributed by atoms with van der Waals surface area (Å²) in [4.78, 5) is 14.5. The third kappa shape index (κ3) is 3.42. The summed E-state index contributed by atoms with van der Waals surface area (Å²) in [5.74, 6) is 3.50. The number of rotatable bonds is 3. The van der Waals surface area contributed by atoms with Gasteiger partial charge >= 0.3 is 0 Å². The second kappa shape index (κ2) is 6.77. The maximum Gasteiger partial charge on any atom is 0.257 e. The lowest BCUT2D eigenvalue weighted by Gasteiger charge is -2.35. The Balaban J connectivity index is 1.78. The number of hydrogen-bond donors (Lipinski definition) is 1. The number of carbonyl (C=O) groups is 1. The van der Waals surface area contributed by atoms with E-state index < -0.39 is 5.60 Å². The molecule has 1 saturated heterocycles. The number of likely N-dealkylation sites (tertiary alicyclic amines) is 1. The van der Waals surface area contributed by atoms with Gasteiger partial charge in [0.2, 0.25) is 0 Å². The van der Waals surface area contributed by atoms with E-state index >= 15 is 0 Å². The number of carbonyl (C=O) groups excluding carboxylic acids is 1. The number of terminal acetylenes is 1. The van der Waals surface area contributed by atoms with Gasteiger partial charge in [-0.15, -0.1) is 6.42 Å². The predicted molar refractivity (Wildman–Crippen MR) is 91.9 cm³/mol. The van der Waals surface area contributed by atoms with E-state index in [1.165, 1.54) is 0 Å². The first-order valence-electron chi connectivity index (χ1n) is 7.93. The van der Waals surface area contributed by atoms with Crippen LogP contribution in [0.1, 0.15) is 23.2 Å². The molecular weight excluding hydrogens is 302 g/mol. The van der Waals surface area contributed by atoms with Crippen LogP contribution in [0.15, 0.2) is 54.6 Å². The van der Waals surface area contributed by atoms with Crippen LogP contribution in [0.25, 0.3) is 0 Å². The van der Waals surface area contributed by atoms with Crippen molar-refractivity contribution < 1.29 is 14.6 Å². The van der Waals surface area contributed by atoms with E-state index in [2.05, 4.69) is 5.92 Å². The van der Waals surface area contributed by atoms with Crippen molar-refractivity contribution in [1.29, 1.82) is 0 Å². The van der Waals surface area contributed by atoms with Gasteiger partial charge in [-0.25, -0.2) is 0 Å². The van der Waals surface area contributed by atoms with Gasteiger partial charge in [0, 0.05) is 25.9 Å². The van der Waals surface area contributed by atoms with E-state index in [-0.39, 0.29) is 5.91 Å². The zero-order valence-corrected chi connectivity index (χ0v) is 13.3. The lowest BCUT2D eigenvalue weighted by atomic mass is 9.92. The first-order valence-corrected chi connectivity index (χ1v) is 7.93. The Morgan fingerprint density at radius 1 is 1.08 bits per heavy atom. The van der Waals surface area contributed by atoms with Gasteiger partial charge in [0.1, 0.15) is 17.1 Å². The maximum atomic E-state index is 12.8. The van der Waals surface area contributed by atoms with Gasteiger partial charge in [0.15, 0.2) is 0 Å². The zero-order chi connectivity index (χ0) is 17.0. The lowest BCUT2D eigenvalue weighted by molar-refractivity contribution is 0.0249. The summed E-state index contributed by atoms with van der Waals surface area (Å²) in [6.07, 6.45) is 6.13. The van der Waals surface area contributed by atoms with Crippen LogP contribution in [-0.4, -0.2) is 34.6 Å². The maximum absolute atomic E-state index is 12.8. The fraction of sp³-hybridized carbons (Fsp3) is 0.250. The molecule has 0 unspecified atom stereocenters. The topological polar surface area (TPSA) is 49.8 Å². The number of aliphatic hydroxyl groups is 1. The van der Waals surface area contributed by atoms with Crippen molar-refractivity contribution in [3.63, 3.8) is 0 Å². The SMILES string of the molecule is C#CC1(O)CCN(C(=O)c2ccccc2Oc2ccccc2)CC1. The van der Waals surface area contributed by atoms with Crippen LogP contribution >= 0.6 is 0 Å². The third-order valence-corrected chi connectivity index (χ3v) is 4.23. The molecule has 1 heterocycles. The number of piperidine rings is 1. The van der Waals surface area contributed by atoms with Crippen molar-refractivity contribution in [2.75, 3.05) is 13.1 Å². The number of amides is 1. The quantitative estimate of drug-likeness (QED) is 0.884. The van der Waals surface area contributed by atoms with Gasteiger partial charge in [0.25, 0.3) is 5.91 Å². The van der Waals surface area contributed by atoms with Crippen LogP contribution in [0.2, 0.25) is 0 Å². The van der Waals surface area contributed by atoms with Gasteiger partial charge in [-0.05, 0) is 24.3 Å². The molecule has 1 aliphatic heterocycles. The molecule has 2 aromatic rings. The summed E-state index contributed by atoms with van der Waals surface area (Å²) in [5.41, 5.74) is -0.593. The number of nitrogens with zero attached hydrogens (tertiary/aromatic N) is 1. The Morgan fingerprint density at radius 3 is 2.38 bits per heavy atom. The van der Waals surface area contributed by atoms with Gasteiger partial charge in [-0.3, -0.25) is 4.79 Å². The summed E-state index contributed by atoms with van der Waals surface area (Å²) >= 11 is 0. The van der Waals surface area contributed by atoms with Gasteiger partial charge in [-0.2, -0.15) is 0 Å². The molecule has 3 rings (SSSR count). The molecule has 0 radical (unpaired) electrons. The number of para-hydroxylation sites is 2. The summed E-state index contributed by atoms with van der Waals surface area (Å²) in [6.45, 7) is 0.860. The molecule has 0 bridgehead atoms. The highest BCUT2D eigenvalue weighted by molar-refractivity contribution is 5.97. The number of ether oxygens (including phenoxy) is 1. The molecule has 0 aromatic heterocycles. The molecule has 0 atom stereocenters. The molecular formula is C20H19NO3. The van der Waals surface area contributed by atoms with Crippen molar-refractivity contribution in [1.82, 2.24) is 4.90 Å². The van der Waals surface area contributed by atoms with Crippen molar-refractivity contribution in [3.05, 3.63) is 60.2 Å². The molecule has 2 aromatic carbocycles. The summed E-state index contributed by atoms with van der Waals surface area (Å²) in [5, 5.41) is 10.1. The second-order valence-corrected chi connectivity index (χ2v) is 5.88. The highest BCUT2D eigenvalue weighted by Gasteiger charge is 2.33. The van der Waals surface area contributed by atoms with Gasteiger partial charge in [0.05, 0.1) is 5.56 Å². The molecule has 0 saturated carbocycles. The Kier molecular flexibility index (Phi) is 4.54. The summed E-state index contributed by atoms with van der Waals surface area (Å²) in [6, 6.07) is 16.5. The number of benzene rings is 2. The average Bonchev–Trinajstić information content (AvgIpc) is 2.63. The Morgan fingerprint density at radius 2 is 1.71 bits per heavy atom. The van der Waals surface area contributed by atoms with E-state index in [0.29, 0.717) is 43.0 Å². The molecule has 1 amide bonds. The van der Waals surface area contributed by atoms with Crippen LogP contribution < -0.4 is 4.74 Å². The monoisotopic (exact) mass is 321 g/mol. The lowest BCUT2D eigenvalue weighted by Crippen LogP contribution is -2.46. The molecule has 4 nitrogen and oxygen atoms in total. The average molecular weight is 321 g/mol. The minimum absolute atomic E-state index is 0.111.